The van der Waals surface area contributed by atoms with Crippen LogP contribution in [-0.2, 0) is 4.79 Å². The van der Waals surface area contributed by atoms with Crippen molar-refractivity contribution in [2.75, 3.05) is 11.9 Å². The number of nitrogens with two attached hydrogens (primary N) is 1. The van der Waals surface area contributed by atoms with E-state index in [4.69, 9.17) is 10.5 Å². The molecule has 6 nitrogen and oxygen atoms in total. The largest absolute Gasteiger partial charge is 0.484 e. The summed E-state index contributed by atoms with van der Waals surface area (Å²) in [5.41, 5.74) is 6.89. The third-order valence-corrected chi connectivity index (χ3v) is 4.12. The molecule has 2 aromatic carbocycles. The highest BCUT2D eigenvalue weighted by molar-refractivity contribution is 7.13. The van der Waals surface area contributed by atoms with E-state index in [9.17, 15) is 9.59 Å². The Morgan fingerprint density at radius 1 is 1.12 bits per heavy atom. The first kappa shape index (κ1) is 16.7. The smallest absolute Gasteiger partial charge is 0.275 e. The van der Waals surface area contributed by atoms with E-state index in [0.29, 0.717) is 17.1 Å². The maximum Gasteiger partial charge on any atom is 0.275 e. The molecule has 1 aromatic heterocycles. The molecule has 0 aliphatic heterocycles. The third-order valence-electron chi connectivity index (χ3n) is 3.23. The van der Waals surface area contributed by atoms with Gasteiger partial charge in [-0.05, 0) is 12.1 Å². The number of hydrogen-bond acceptors (Lipinski definition) is 5. The molecule has 0 unspecified atom stereocenters. The van der Waals surface area contributed by atoms with Crippen molar-refractivity contribution in [2.24, 2.45) is 5.73 Å². The lowest BCUT2D eigenvalue weighted by molar-refractivity contribution is -0.119. The number of carbonyl (C=O) groups is 2. The van der Waals surface area contributed by atoms with Crippen molar-refractivity contribution in [1.82, 2.24) is 4.98 Å². The molecular weight excluding hydrogens is 338 g/mol. The summed E-state index contributed by atoms with van der Waals surface area (Å²) in [6.07, 6.45) is 0. The molecule has 0 atom stereocenters. The molecule has 0 bridgehead atoms. The zero-order valence-corrected chi connectivity index (χ0v) is 14.0. The number of primary amides is 1. The summed E-state index contributed by atoms with van der Waals surface area (Å²) in [5, 5.41) is 5.26. The van der Waals surface area contributed by atoms with Gasteiger partial charge in [-0.2, -0.15) is 0 Å². The topological polar surface area (TPSA) is 94.3 Å². The molecule has 0 radical (unpaired) electrons. The van der Waals surface area contributed by atoms with Gasteiger partial charge in [0.1, 0.15) is 16.5 Å². The predicted octanol–water partition coefficient (Wildman–Crippen LogP) is 2.93. The molecule has 2 amide bonds. The maximum absolute atomic E-state index is 12.4. The molecule has 0 saturated heterocycles. The molecule has 0 aliphatic carbocycles. The Bertz CT molecular complexity index is 893. The lowest BCUT2D eigenvalue weighted by Gasteiger charge is -2.07. The standard InChI is InChI=1S/C18H15N3O3S/c19-16(22)10-24-14-8-4-7-13(9-14)20-17(23)15-11-25-18(21-15)12-5-2-1-3-6-12/h1-9,11H,10H2,(H2,19,22)(H,20,23). The molecule has 0 saturated carbocycles. The Hall–Kier alpha value is -3.19. The van der Waals surface area contributed by atoms with Crippen LogP contribution in [0.1, 0.15) is 10.5 Å². The summed E-state index contributed by atoms with van der Waals surface area (Å²) in [4.78, 5) is 27.5. The van der Waals surface area contributed by atoms with E-state index in [1.807, 2.05) is 30.3 Å². The van der Waals surface area contributed by atoms with Crippen molar-refractivity contribution in [2.45, 2.75) is 0 Å². The van der Waals surface area contributed by atoms with Crippen LogP contribution >= 0.6 is 11.3 Å². The Balaban J connectivity index is 1.69. The van der Waals surface area contributed by atoms with Gasteiger partial charge in [-0.3, -0.25) is 9.59 Å². The monoisotopic (exact) mass is 353 g/mol. The lowest BCUT2D eigenvalue weighted by Crippen LogP contribution is -2.20. The van der Waals surface area contributed by atoms with E-state index >= 15 is 0 Å². The highest BCUT2D eigenvalue weighted by atomic mass is 32.1. The van der Waals surface area contributed by atoms with E-state index in [0.717, 1.165) is 10.6 Å². The summed E-state index contributed by atoms with van der Waals surface area (Å²) in [7, 11) is 0. The van der Waals surface area contributed by atoms with Gasteiger partial charge in [0.25, 0.3) is 11.8 Å². The minimum absolute atomic E-state index is 0.218. The highest BCUT2D eigenvalue weighted by Crippen LogP contribution is 2.24. The fraction of sp³-hybridized carbons (Fsp3) is 0.0556. The van der Waals surface area contributed by atoms with E-state index in [1.165, 1.54) is 11.3 Å². The van der Waals surface area contributed by atoms with Crippen molar-refractivity contribution in [3.8, 4) is 16.3 Å². The number of anilines is 1. The summed E-state index contributed by atoms with van der Waals surface area (Å²) >= 11 is 1.41. The first-order valence-electron chi connectivity index (χ1n) is 7.45. The molecule has 3 rings (SSSR count). The zero-order chi connectivity index (χ0) is 17.6. The molecule has 3 N–H and O–H groups in total. The average molecular weight is 353 g/mol. The van der Waals surface area contributed by atoms with Crippen LogP contribution in [-0.4, -0.2) is 23.4 Å². The maximum atomic E-state index is 12.4. The second-order valence-electron chi connectivity index (χ2n) is 5.14. The first-order chi connectivity index (χ1) is 12.1. The van der Waals surface area contributed by atoms with Crippen molar-refractivity contribution >= 4 is 28.8 Å². The molecule has 25 heavy (non-hydrogen) atoms. The van der Waals surface area contributed by atoms with Gasteiger partial charge < -0.3 is 15.8 Å². The van der Waals surface area contributed by atoms with Crippen LogP contribution < -0.4 is 15.8 Å². The molecule has 7 heteroatoms. The van der Waals surface area contributed by atoms with Crippen molar-refractivity contribution in [3.05, 3.63) is 65.7 Å². The van der Waals surface area contributed by atoms with Crippen LogP contribution in [0.4, 0.5) is 5.69 Å². The van der Waals surface area contributed by atoms with Gasteiger partial charge in [0.15, 0.2) is 6.61 Å². The zero-order valence-electron chi connectivity index (χ0n) is 13.1. The fourth-order valence-electron chi connectivity index (χ4n) is 2.10. The number of aromatic nitrogens is 1. The summed E-state index contributed by atoms with van der Waals surface area (Å²) in [5.74, 6) is -0.435. The van der Waals surface area contributed by atoms with Crippen LogP contribution in [0.2, 0.25) is 0 Å². The summed E-state index contributed by atoms with van der Waals surface area (Å²) in [6, 6.07) is 16.4. The van der Waals surface area contributed by atoms with Gasteiger partial charge in [-0.15, -0.1) is 11.3 Å². The van der Waals surface area contributed by atoms with Crippen LogP contribution in [0.3, 0.4) is 0 Å². The average Bonchev–Trinajstić information content (AvgIpc) is 3.11. The number of rotatable bonds is 6. The number of ether oxygens (including phenoxy) is 1. The lowest BCUT2D eigenvalue weighted by atomic mass is 10.2. The fourth-order valence-corrected chi connectivity index (χ4v) is 2.91. The number of nitrogens with zero attached hydrogens (tertiary/aromatic N) is 1. The number of amides is 2. The van der Waals surface area contributed by atoms with Gasteiger partial charge in [-0.25, -0.2) is 4.98 Å². The van der Waals surface area contributed by atoms with Crippen molar-refractivity contribution < 1.29 is 14.3 Å². The SMILES string of the molecule is NC(=O)COc1cccc(NC(=O)c2csc(-c3ccccc3)n2)c1. The minimum Gasteiger partial charge on any atom is -0.484 e. The Morgan fingerprint density at radius 3 is 2.68 bits per heavy atom. The Kier molecular flexibility index (Phi) is 5.06. The number of nitrogens with one attached hydrogen (secondary N) is 1. The third kappa shape index (κ3) is 4.42. The minimum atomic E-state index is -0.564. The number of thiazole rings is 1. The molecule has 0 spiro atoms. The van der Waals surface area contributed by atoms with Gasteiger partial charge in [0.2, 0.25) is 0 Å². The molecule has 3 aromatic rings. The summed E-state index contributed by atoms with van der Waals surface area (Å²) in [6.45, 7) is -0.218. The number of benzene rings is 2. The first-order valence-corrected chi connectivity index (χ1v) is 8.33. The Labute approximate surface area is 148 Å². The van der Waals surface area contributed by atoms with Crippen molar-refractivity contribution in [1.29, 1.82) is 0 Å². The van der Waals surface area contributed by atoms with E-state index in [2.05, 4.69) is 10.3 Å². The normalized spacial score (nSPS) is 10.2. The van der Waals surface area contributed by atoms with Gasteiger partial charge in [0, 0.05) is 22.7 Å². The quantitative estimate of drug-likeness (QED) is 0.712. The van der Waals surface area contributed by atoms with E-state index in [-0.39, 0.29) is 12.5 Å². The number of hydrogen-bond donors (Lipinski definition) is 2. The van der Waals surface area contributed by atoms with E-state index < -0.39 is 5.91 Å². The van der Waals surface area contributed by atoms with Gasteiger partial charge in [0.05, 0.1) is 0 Å². The van der Waals surface area contributed by atoms with Crippen LogP contribution in [0.15, 0.2) is 60.0 Å². The predicted molar refractivity (Wildman–Crippen MR) is 96.6 cm³/mol. The summed E-state index contributed by atoms with van der Waals surface area (Å²) < 4.78 is 5.22. The van der Waals surface area contributed by atoms with Crippen LogP contribution in [0, 0.1) is 0 Å². The molecule has 0 fully saturated rings. The van der Waals surface area contributed by atoms with Gasteiger partial charge in [-0.1, -0.05) is 36.4 Å². The number of carbonyl (C=O) groups excluding carboxylic acids is 2. The van der Waals surface area contributed by atoms with Gasteiger partial charge >= 0.3 is 0 Å². The van der Waals surface area contributed by atoms with E-state index in [1.54, 1.807) is 29.6 Å². The molecule has 1 heterocycles. The molecule has 0 aliphatic rings. The molecular formula is C18H15N3O3S. The van der Waals surface area contributed by atoms with Crippen molar-refractivity contribution in [3.63, 3.8) is 0 Å². The van der Waals surface area contributed by atoms with Crippen LogP contribution in [0.25, 0.3) is 10.6 Å². The Morgan fingerprint density at radius 2 is 1.92 bits per heavy atom. The van der Waals surface area contributed by atoms with Crippen LogP contribution in [0.5, 0.6) is 5.75 Å². The highest BCUT2D eigenvalue weighted by Gasteiger charge is 2.12. The second-order valence-corrected chi connectivity index (χ2v) is 6.00. The molecule has 126 valence electrons. The second kappa shape index (κ2) is 7.59.